The summed E-state index contributed by atoms with van der Waals surface area (Å²) < 4.78 is 44.7. The summed E-state index contributed by atoms with van der Waals surface area (Å²) in [5.41, 5.74) is -0.817. The molecule has 5 nitrogen and oxygen atoms in total. The minimum absolute atomic E-state index is 0.0131. The van der Waals surface area contributed by atoms with Gasteiger partial charge in [-0.2, -0.15) is 13.2 Å². The van der Waals surface area contributed by atoms with Crippen molar-refractivity contribution in [3.05, 3.63) is 29.3 Å². The summed E-state index contributed by atoms with van der Waals surface area (Å²) in [6, 6.07) is 4.35. The molecule has 140 valence electrons. The molecule has 26 heavy (non-hydrogen) atoms. The summed E-state index contributed by atoms with van der Waals surface area (Å²) in [6.07, 6.45) is -2.70. The van der Waals surface area contributed by atoms with E-state index < -0.39 is 11.9 Å². The number of thioether (sulfide) groups is 1. The molecule has 1 aliphatic rings. The number of hydrogen-bond donors (Lipinski definition) is 1. The average molecular weight is 403 g/mol. The molecular weight excluding hydrogens is 387 g/mol. The number of hydrogen-bond acceptors (Lipinski definition) is 6. The van der Waals surface area contributed by atoms with Crippen LogP contribution < -0.4 is 5.32 Å². The van der Waals surface area contributed by atoms with Crippen LogP contribution in [0.1, 0.15) is 18.5 Å². The topological polar surface area (TPSA) is 64.1 Å². The number of halogens is 3. The number of rotatable bonds is 6. The van der Waals surface area contributed by atoms with Crippen molar-refractivity contribution in [2.24, 2.45) is 0 Å². The summed E-state index contributed by atoms with van der Waals surface area (Å²) in [6.45, 7) is 1.10. The summed E-state index contributed by atoms with van der Waals surface area (Å²) in [7, 11) is 0. The van der Waals surface area contributed by atoms with Crippen LogP contribution in [-0.2, 0) is 15.7 Å². The number of thiophene rings is 1. The van der Waals surface area contributed by atoms with Crippen LogP contribution in [0.25, 0.3) is 10.6 Å². The average Bonchev–Trinajstić information content (AvgIpc) is 3.30. The molecule has 0 bridgehead atoms. The number of carbonyl (C=O) groups excluding carboxylic acids is 1. The van der Waals surface area contributed by atoms with Gasteiger partial charge in [-0.05, 0) is 30.4 Å². The van der Waals surface area contributed by atoms with Crippen LogP contribution >= 0.6 is 23.1 Å². The van der Waals surface area contributed by atoms with E-state index in [0.29, 0.717) is 18.0 Å². The Labute approximate surface area is 156 Å². The maximum atomic E-state index is 13.1. The normalized spacial score (nSPS) is 17.4. The third-order valence-corrected chi connectivity index (χ3v) is 5.39. The molecule has 1 atom stereocenters. The van der Waals surface area contributed by atoms with Gasteiger partial charge in [0, 0.05) is 13.2 Å². The Morgan fingerprint density at radius 3 is 2.92 bits per heavy atom. The third kappa shape index (κ3) is 5.18. The molecule has 0 saturated carbocycles. The summed E-state index contributed by atoms with van der Waals surface area (Å²) in [4.78, 5) is 20.2. The monoisotopic (exact) mass is 403 g/mol. The van der Waals surface area contributed by atoms with Crippen molar-refractivity contribution in [3.63, 3.8) is 0 Å². The highest BCUT2D eigenvalue weighted by atomic mass is 32.2. The quantitative estimate of drug-likeness (QED) is 0.590. The molecule has 0 radical (unpaired) electrons. The maximum Gasteiger partial charge on any atom is 0.433 e. The molecule has 1 amide bonds. The molecule has 0 aromatic carbocycles. The lowest BCUT2D eigenvalue weighted by molar-refractivity contribution is -0.141. The molecule has 3 rings (SSSR count). The zero-order valence-electron chi connectivity index (χ0n) is 13.6. The van der Waals surface area contributed by atoms with Crippen molar-refractivity contribution in [1.29, 1.82) is 0 Å². The Bertz CT molecular complexity index is 748. The second-order valence-corrected chi connectivity index (χ2v) is 7.51. The largest absolute Gasteiger partial charge is 0.433 e. The smallest absolute Gasteiger partial charge is 0.376 e. The first-order valence-electron chi connectivity index (χ1n) is 7.93. The first kappa shape index (κ1) is 19.1. The molecule has 0 aliphatic carbocycles. The molecule has 2 aromatic heterocycles. The molecule has 1 N–H and O–H groups in total. The fourth-order valence-electron chi connectivity index (χ4n) is 2.40. The Kier molecular flexibility index (Phi) is 6.15. The Balaban J connectivity index is 1.66. The van der Waals surface area contributed by atoms with Crippen LogP contribution in [0.4, 0.5) is 13.2 Å². The highest BCUT2D eigenvalue weighted by Gasteiger charge is 2.34. The van der Waals surface area contributed by atoms with Crippen molar-refractivity contribution in [2.75, 3.05) is 18.9 Å². The van der Waals surface area contributed by atoms with Crippen molar-refractivity contribution in [1.82, 2.24) is 15.3 Å². The first-order valence-corrected chi connectivity index (χ1v) is 9.79. The standard InChI is InChI=1S/C16H16F3N3O2S2/c17-16(18,19)13-7-11(12-4-2-6-25-12)21-15(22-13)26-9-14(23)20-8-10-3-1-5-24-10/h2,4,6-7,10H,1,3,5,8-9H2,(H,20,23)/t10-/m0/s1. The zero-order chi connectivity index (χ0) is 18.6. The van der Waals surface area contributed by atoms with Gasteiger partial charge in [0.05, 0.1) is 22.4 Å². The molecule has 0 spiro atoms. The second-order valence-electron chi connectivity index (χ2n) is 5.62. The summed E-state index contributed by atoms with van der Waals surface area (Å²) in [5.74, 6) is -0.345. The fraction of sp³-hybridized carbons (Fsp3) is 0.438. The SMILES string of the molecule is O=C(CSc1nc(-c2cccs2)cc(C(F)(F)F)n1)NC[C@@H]1CCCO1. The minimum atomic E-state index is -4.58. The second kappa shape index (κ2) is 8.36. The van der Waals surface area contributed by atoms with E-state index in [2.05, 4.69) is 15.3 Å². The molecule has 0 unspecified atom stereocenters. The summed E-state index contributed by atoms with van der Waals surface area (Å²) >= 11 is 2.17. The van der Waals surface area contributed by atoms with Crippen LogP contribution in [0, 0.1) is 0 Å². The van der Waals surface area contributed by atoms with E-state index in [1.165, 1.54) is 11.3 Å². The highest BCUT2D eigenvalue weighted by Crippen LogP contribution is 2.33. The van der Waals surface area contributed by atoms with Crippen LogP contribution in [0.5, 0.6) is 0 Å². The van der Waals surface area contributed by atoms with Crippen molar-refractivity contribution >= 4 is 29.0 Å². The Morgan fingerprint density at radius 1 is 1.42 bits per heavy atom. The van der Waals surface area contributed by atoms with E-state index in [0.717, 1.165) is 30.7 Å². The van der Waals surface area contributed by atoms with Crippen molar-refractivity contribution in [2.45, 2.75) is 30.3 Å². The van der Waals surface area contributed by atoms with Gasteiger partial charge in [-0.3, -0.25) is 4.79 Å². The fourth-order valence-corrected chi connectivity index (χ4v) is 3.77. The number of ether oxygens (including phenoxy) is 1. The molecule has 2 aromatic rings. The van der Waals surface area contributed by atoms with Gasteiger partial charge in [0.15, 0.2) is 5.16 Å². The van der Waals surface area contributed by atoms with Gasteiger partial charge >= 0.3 is 6.18 Å². The van der Waals surface area contributed by atoms with Gasteiger partial charge < -0.3 is 10.1 Å². The first-order chi connectivity index (χ1) is 12.4. The van der Waals surface area contributed by atoms with E-state index in [-0.39, 0.29) is 28.6 Å². The molecule has 1 aliphatic heterocycles. The van der Waals surface area contributed by atoms with Gasteiger partial charge in [0.25, 0.3) is 0 Å². The van der Waals surface area contributed by atoms with Crippen LogP contribution in [0.15, 0.2) is 28.7 Å². The van der Waals surface area contributed by atoms with Crippen LogP contribution in [0.2, 0.25) is 0 Å². The maximum absolute atomic E-state index is 13.1. The van der Waals surface area contributed by atoms with Gasteiger partial charge in [-0.25, -0.2) is 9.97 Å². The number of nitrogens with zero attached hydrogens (tertiary/aromatic N) is 2. The lowest BCUT2D eigenvalue weighted by Crippen LogP contribution is -2.32. The molecule has 3 heterocycles. The van der Waals surface area contributed by atoms with Gasteiger partial charge in [-0.15, -0.1) is 11.3 Å². The molecule has 1 saturated heterocycles. The predicted octanol–water partition coefficient (Wildman–Crippen LogP) is 3.61. The summed E-state index contributed by atoms with van der Waals surface area (Å²) in [5, 5.41) is 4.41. The minimum Gasteiger partial charge on any atom is -0.376 e. The Morgan fingerprint density at radius 2 is 2.27 bits per heavy atom. The number of carbonyl (C=O) groups is 1. The van der Waals surface area contributed by atoms with E-state index >= 15 is 0 Å². The van der Waals surface area contributed by atoms with E-state index in [1.54, 1.807) is 17.5 Å². The van der Waals surface area contributed by atoms with E-state index in [1.807, 2.05) is 0 Å². The van der Waals surface area contributed by atoms with Gasteiger partial charge in [0.1, 0.15) is 5.69 Å². The van der Waals surface area contributed by atoms with Gasteiger partial charge in [0.2, 0.25) is 5.91 Å². The molecule has 1 fully saturated rings. The number of nitrogens with one attached hydrogen (secondary N) is 1. The highest BCUT2D eigenvalue weighted by molar-refractivity contribution is 7.99. The van der Waals surface area contributed by atoms with E-state index in [9.17, 15) is 18.0 Å². The van der Waals surface area contributed by atoms with E-state index in [4.69, 9.17) is 4.74 Å². The third-order valence-electron chi connectivity index (χ3n) is 3.65. The van der Waals surface area contributed by atoms with Crippen LogP contribution in [0.3, 0.4) is 0 Å². The van der Waals surface area contributed by atoms with Crippen LogP contribution in [-0.4, -0.2) is 40.9 Å². The number of aromatic nitrogens is 2. The number of alkyl halides is 3. The Hall–Kier alpha value is -1.65. The zero-order valence-corrected chi connectivity index (χ0v) is 15.2. The lowest BCUT2D eigenvalue weighted by atomic mass is 10.2. The van der Waals surface area contributed by atoms with Crippen molar-refractivity contribution < 1.29 is 22.7 Å². The predicted molar refractivity (Wildman–Crippen MR) is 93.1 cm³/mol. The molecular formula is C16H16F3N3O2S2. The van der Waals surface area contributed by atoms with Crippen molar-refractivity contribution in [3.8, 4) is 10.6 Å². The number of amides is 1. The molecule has 10 heteroatoms. The van der Waals surface area contributed by atoms with Gasteiger partial charge in [-0.1, -0.05) is 17.8 Å². The lowest BCUT2D eigenvalue weighted by Gasteiger charge is -2.11.